The molecule has 1 aliphatic rings. The summed E-state index contributed by atoms with van der Waals surface area (Å²) in [7, 11) is 0. The van der Waals surface area contributed by atoms with Crippen molar-refractivity contribution >= 4 is 17.5 Å². The van der Waals surface area contributed by atoms with Gasteiger partial charge in [0, 0.05) is 18.2 Å². The maximum atomic E-state index is 11.7. The Morgan fingerprint density at radius 3 is 2.82 bits per heavy atom. The molecule has 1 atom stereocenters. The molecule has 1 fully saturated rings. The third kappa shape index (κ3) is 4.02. The highest BCUT2D eigenvalue weighted by molar-refractivity contribution is 6.30. The summed E-state index contributed by atoms with van der Waals surface area (Å²) in [6.07, 6.45) is 2.73. The Labute approximate surface area is 106 Å². The molecule has 0 radical (unpaired) electrons. The van der Waals surface area contributed by atoms with Crippen molar-refractivity contribution in [3.63, 3.8) is 0 Å². The SMILES string of the molecule is O=C(Cc1ccc(Cl)cc1)NCC1CCCO1. The summed E-state index contributed by atoms with van der Waals surface area (Å²) in [5.74, 6) is 0.0304. The van der Waals surface area contributed by atoms with E-state index < -0.39 is 0 Å². The molecule has 4 heteroatoms. The van der Waals surface area contributed by atoms with Gasteiger partial charge in [-0.2, -0.15) is 0 Å². The second-order valence-electron chi connectivity index (χ2n) is 4.24. The van der Waals surface area contributed by atoms with E-state index in [9.17, 15) is 4.79 Å². The Balaban J connectivity index is 1.74. The van der Waals surface area contributed by atoms with E-state index in [1.165, 1.54) is 0 Å². The molecule has 0 bridgehead atoms. The van der Waals surface area contributed by atoms with Crippen LogP contribution in [0, 0.1) is 0 Å². The summed E-state index contributed by atoms with van der Waals surface area (Å²) in [5, 5.41) is 3.58. The topological polar surface area (TPSA) is 38.3 Å². The maximum absolute atomic E-state index is 11.7. The molecule has 0 saturated carbocycles. The molecule has 1 aromatic carbocycles. The van der Waals surface area contributed by atoms with Crippen LogP contribution in [0.25, 0.3) is 0 Å². The lowest BCUT2D eigenvalue weighted by Gasteiger charge is -2.10. The number of halogens is 1. The zero-order valence-electron chi connectivity index (χ0n) is 9.62. The average Bonchev–Trinajstić information content (AvgIpc) is 2.83. The van der Waals surface area contributed by atoms with Gasteiger partial charge in [0.25, 0.3) is 0 Å². The van der Waals surface area contributed by atoms with Crippen molar-refractivity contribution in [3.05, 3.63) is 34.9 Å². The predicted octanol–water partition coefficient (Wildman–Crippen LogP) is 2.18. The van der Waals surface area contributed by atoms with Crippen molar-refractivity contribution in [1.82, 2.24) is 5.32 Å². The van der Waals surface area contributed by atoms with Gasteiger partial charge in [-0.15, -0.1) is 0 Å². The van der Waals surface area contributed by atoms with Crippen molar-refractivity contribution in [1.29, 1.82) is 0 Å². The fourth-order valence-corrected chi connectivity index (χ4v) is 2.01. The van der Waals surface area contributed by atoms with E-state index in [1.807, 2.05) is 12.1 Å². The van der Waals surface area contributed by atoms with Gasteiger partial charge in [0.1, 0.15) is 0 Å². The van der Waals surface area contributed by atoms with Gasteiger partial charge in [-0.25, -0.2) is 0 Å². The van der Waals surface area contributed by atoms with E-state index in [1.54, 1.807) is 12.1 Å². The molecule has 2 rings (SSSR count). The number of amides is 1. The monoisotopic (exact) mass is 253 g/mol. The summed E-state index contributed by atoms with van der Waals surface area (Å²) < 4.78 is 5.44. The van der Waals surface area contributed by atoms with Crippen molar-refractivity contribution in [2.24, 2.45) is 0 Å². The number of rotatable bonds is 4. The van der Waals surface area contributed by atoms with Crippen LogP contribution in [0.4, 0.5) is 0 Å². The molecular weight excluding hydrogens is 238 g/mol. The number of benzene rings is 1. The van der Waals surface area contributed by atoms with Crippen LogP contribution >= 0.6 is 11.6 Å². The first-order valence-corrected chi connectivity index (χ1v) is 6.24. The van der Waals surface area contributed by atoms with E-state index in [-0.39, 0.29) is 12.0 Å². The fraction of sp³-hybridized carbons (Fsp3) is 0.462. The molecule has 1 heterocycles. The van der Waals surface area contributed by atoms with Gasteiger partial charge in [-0.1, -0.05) is 23.7 Å². The van der Waals surface area contributed by atoms with Crippen LogP contribution in [0.5, 0.6) is 0 Å². The summed E-state index contributed by atoms with van der Waals surface area (Å²) in [6, 6.07) is 7.33. The van der Waals surface area contributed by atoms with Gasteiger partial charge in [0.05, 0.1) is 12.5 Å². The number of hydrogen-bond donors (Lipinski definition) is 1. The van der Waals surface area contributed by atoms with Gasteiger partial charge in [0.2, 0.25) is 5.91 Å². The largest absolute Gasteiger partial charge is 0.376 e. The van der Waals surface area contributed by atoms with Crippen LogP contribution in [0.3, 0.4) is 0 Å². The fourth-order valence-electron chi connectivity index (χ4n) is 1.88. The quantitative estimate of drug-likeness (QED) is 0.893. The van der Waals surface area contributed by atoms with E-state index in [0.717, 1.165) is 25.0 Å². The molecule has 1 amide bonds. The molecule has 1 saturated heterocycles. The smallest absolute Gasteiger partial charge is 0.224 e. The molecule has 17 heavy (non-hydrogen) atoms. The van der Waals surface area contributed by atoms with Crippen LogP contribution < -0.4 is 5.32 Å². The maximum Gasteiger partial charge on any atom is 0.224 e. The molecule has 1 N–H and O–H groups in total. The Morgan fingerprint density at radius 1 is 1.41 bits per heavy atom. The third-order valence-electron chi connectivity index (χ3n) is 2.83. The second-order valence-corrected chi connectivity index (χ2v) is 4.68. The molecule has 0 aliphatic carbocycles. The molecule has 0 spiro atoms. The van der Waals surface area contributed by atoms with Crippen LogP contribution in [-0.4, -0.2) is 25.2 Å². The highest BCUT2D eigenvalue weighted by atomic mass is 35.5. The van der Waals surface area contributed by atoms with Crippen LogP contribution in [0.2, 0.25) is 5.02 Å². The first kappa shape index (κ1) is 12.4. The highest BCUT2D eigenvalue weighted by Gasteiger charge is 2.15. The minimum absolute atomic E-state index is 0.0304. The lowest BCUT2D eigenvalue weighted by atomic mass is 10.1. The molecule has 3 nitrogen and oxygen atoms in total. The Hall–Kier alpha value is -1.06. The van der Waals surface area contributed by atoms with Gasteiger partial charge >= 0.3 is 0 Å². The summed E-state index contributed by atoms with van der Waals surface area (Å²) in [5.41, 5.74) is 0.972. The van der Waals surface area contributed by atoms with Gasteiger partial charge in [-0.05, 0) is 30.5 Å². The van der Waals surface area contributed by atoms with Gasteiger partial charge < -0.3 is 10.1 Å². The van der Waals surface area contributed by atoms with Crippen LogP contribution in [-0.2, 0) is 16.0 Å². The summed E-state index contributed by atoms with van der Waals surface area (Å²) in [6.45, 7) is 1.43. The Morgan fingerprint density at radius 2 is 2.18 bits per heavy atom. The summed E-state index contributed by atoms with van der Waals surface area (Å²) in [4.78, 5) is 11.7. The Kier molecular flexibility index (Phi) is 4.40. The van der Waals surface area contributed by atoms with Crippen molar-refractivity contribution < 1.29 is 9.53 Å². The van der Waals surface area contributed by atoms with Gasteiger partial charge in [0.15, 0.2) is 0 Å². The van der Waals surface area contributed by atoms with Crippen molar-refractivity contribution in [3.8, 4) is 0 Å². The van der Waals surface area contributed by atoms with Crippen molar-refractivity contribution in [2.75, 3.05) is 13.2 Å². The van der Waals surface area contributed by atoms with E-state index >= 15 is 0 Å². The first-order valence-electron chi connectivity index (χ1n) is 5.87. The molecule has 1 unspecified atom stereocenters. The highest BCUT2D eigenvalue weighted by Crippen LogP contribution is 2.11. The number of nitrogens with one attached hydrogen (secondary N) is 1. The molecule has 1 aromatic rings. The predicted molar refractivity (Wildman–Crippen MR) is 67.1 cm³/mol. The van der Waals surface area contributed by atoms with E-state index in [4.69, 9.17) is 16.3 Å². The number of hydrogen-bond acceptors (Lipinski definition) is 2. The minimum Gasteiger partial charge on any atom is -0.376 e. The average molecular weight is 254 g/mol. The van der Waals surface area contributed by atoms with E-state index in [2.05, 4.69) is 5.32 Å². The first-order chi connectivity index (χ1) is 8.24. The molecular formula is C13H16ClNO2. The van der Waals surface area contributed by atoms with E-state index in [0.29, 0.717) is 18.0 Å². The summed E-state index contributed by atoms with van der Waals surface area (Å²) >= 11 is 5.78. The zero-order valence-corrected chi connectivity index (χ0v) is 10.4. The molecule has 1 aliphatic heterocycles. The Bertz CT molecular complexity index is 372. The molecule has 92 valence electrons. The number of carbonyl (C=O) groups excluding carboxylic acids is 1. The standard InChI is InChI=1S/C13H16ClNO2/c14-11-5-3-10(4-6-11)8-13(16)15-9-12-2-1-7-17-12/h3-6,12H,1-2,7-9H2,(H,15,16). The molecule has 0 aromatic heterocycles. The number of carbonyl (C=O) groups is 1. The third-order valence-corrected chi connectivity index (χ3v) is 3.08. The normalized spacial score (nSPS) is 19.2. The minimum atomic E-state index is 0.0304. The number of ether oxygens (including phenoxy) is 1. The zero-order chi connectivity index (χ0) is 12.1. The second kappa shape index (κ2) is 6.03. The van der Waals surface area contributed by atoms with Crippen LogP contribution in [0.15, 0.2) is 24.3 Å². The van der Waals surface area contributed by atoms with Crippen LogP contribution in [0.1, 0.15) is 18.4 Å². The van der Waals surface area contributed by atoms with Crippen molar-refractivity contribution in [2.45, 2.75) is 25.4 Å². The van der Waals surface area contributed by atoms with Gasteiger partial charge in [-0.3, -0.25) is 4.79 Å². The lowest BCUT2D eigenvalue weighted by Crippen LogP contribution is -2.32. The lowest BCUT2D eigenvalue weighted by molar-refractivity contribution is -0.120.